The van der Waals surface area contributed by atoms with Crippen LogP contribution in [0.25, 0.3) is 0 Å². The van der Waals surface area contributed by atoms with Crippen molar-refractivity contribution in [2.75, 3.05) is 20.2 Å². The lowest BCUT2D eigenvalue weighted by Crippen LogP contribution is -2.51. The standard InChI is InChI=1S/C18H25ClN2O5S/c1-12(2)16(18(23)26-3)20-17(22)13-5-4-10-21(11-13)27(24,25)15-8-6-14(19)7-9-15/h6-9,12-13,16H,4-5,10-11H2,1-3H3,(H,20,22)/t13?,16-/m0/s1. The van der Waals surface area contributed by atoms with Crippen LogP contribution in [0.1, 0.15) is 26.7 Å². The Balaban J connectivity index is 2.11. The minimum absolute atomic E-state index is 0.0722. The van der Waals surface area contributed by atoms with Crippen molar-refractivity contribution >= 4 is 33.5 Å². The summed E-state index contributed by atoms with van der Waals surface area (Å²) >= 11 is 5.82. The Morgan fingerprint density at radius 1 is 1.26 bits per heavy atom. The molecule has 150 valence electrons. The number of benzene rings is 1. The molecule has 0 aromatic heterocycles. The van der Waals surface area contributed by atoms with Crippen molar-refractivity contribution in [3.05, 3.63) is 29.3 Å². The van der Waals surface area contributed by atoms with Crippen molar-refractivity contribution in [1.29, 1.82) is 0 Å². The third-order valence-electron chi connectivity index (χ3n) is 4.63. The first-order valence-corrected chi connectivity index (χ1v) is 10.6. The molecule has 27 heavy (non-hydrogen) atoms. The van der Waals surface area contributed by atoms with Crippen LogP contribution in [0.2, 0.25) is 5.02 Å². The molecule has 0 aliphatic carbocycles. The number of amides is 1. The Morgan fingerprint density at radius 2 is 1.89 bits per heavy atom. The lowest BCUT2D eigenvalue weighted by Gasteiger charge is -2.32. The number of carbonyl (C=O) groups excluding carboxylic acids is 2. The largest absolute Gasteiger partial charge is 0.467 e. The van der Waals surface area contributed by atoms with Gasteiger partial charge in [-0.1, -0.05) is 25.4 Å². The first-order valence-electron chi connectivity index (χ1n) is 8.80. The molecule has 1 saturated heterocycles. The lowest BCUT2D eigenvalue weighted by atomic mass is 9.97. The van der Waals surface area contributed by atoms with Gasteiger partial charge in [0, 0.05) is 18.1 Å². The highest BCUT2D eigenvalue weighted by Crippen LogP contribution is 2.25. The molecule has 1 fully saturated rings. The fraction of sp³-hybridized carbons (Fsp3) is 0.556. The minimum Gasteiger partial charge on any atom is -0.467 e. The van der Waals surface area contributed by atoms with E-state index in [1.54, 1.807) is 13.8 Å². The molecule has 2 atom stereocenters. The minimum atomic E-state index is -3.71. The molecule has 1 heterocycles. The van der Waals surface area contributed by atoms with E-state index in [9.17, 15) is 18.0 Å². The second-order valence-corrected chi connectivity index (χ2v) is 9.28. The Bertz CT molecular complexity index is 779. The molecular weight excluding hydrogens is 392 g/mol. The van der Waals surface area contributed by atoms with E-state index in [1.165, 1.54) is 35.7 Å². The topological polar surface area (TPSA) is 92.8 Å². The van der Waals surface area contributed by atoms with Crippen molar-refractivity contribution in [2.24, 2.45) is 11.8 Å². The molecule has 9 heteroatoms. The predicted octanol–water partition coefficient (Wildman–Crippen LogP) is 2.05. The van der Waals surface area contributed by atoms with E-state index in [0.717, 1.165) is 0 Å². The molecule has 2 rings (SSSR count). The normalized spacial score (nSPS) is 19.5. The van der Waals surface area contributed by atoms with Gasteiger partial charge in [-0.05, 0) is 43.0 Å². The maximum atomic E-state index is 12.8. The second kappa shape index (κ2) is 9.03. The first-order chi connectivity index (χ1) is 12.7. The van der Waals surface area contributed by atoms with Crippen LogP contribution in [-0.4, -0.2) is 50.8 Å². The average molecular weight is 417 g/mol. The van der Waals surface area contributed by atoms with Gasteiger partial charge in [0.25, 0.3) is 0 Å². The van der Waals surface area contributed by atoms with Crippen LogP contribution in [0.3, 0.4) is 0 Å². The van der Waals surface area contributed by atoms with Gasteiger partial charge >= 0.3 is 5.97 Å². The van der Waals surface area contributed by atoms with Crippen LogP contribution in [-0.2, 0) is 24.3 Å². The van der Waals surface area contributed by atoms with Crippen LogP contribution >= 0.6 is 11.6 Å². The highest BCUT2D eigenvalue weighted by atomic mass is 35.5. The van der Waals surface area contributed by atoms with Crippen molar-refractivity contribution in [1.82, 2.24) is 9.62 Å². The highest BCUT2D eigenvalue weighted by molar-refractivity contribution is 7.89. The van der Waals surface area contributed by atoms with Gasteiger partial charge in [0.15, 0.2) is 0 Å². The summed E-state index contributed by atoms with van der Waals surface area (Å²) in [5, 5.41) is 3.15. The Kier molecular flexibility index (Phi) is 7.25. The van der Waals surface area contributed by atoms with Gasteiger partial charge in [0.2, 0.25) is 15.9 Å². The number of rotatable bonds is 6. The van der Waals surface area contributed by atoms with Gasteiger partial charge in [-0.3, -0.25) is 4.79 Å². The molecule has 1 aliphatic rings. The number of piperidine rings is 1. The van der Waals surface area contributed by atoms with E-state index >= 15 is 0 Å². The molecular formula is C18H25ClN2O5S. The zero-order valence-corrected chi connectivity index (χ0v) is 17.2. The van der Waals surface area contributed by atoms with E-state index in [4.69, 9.17) is 16.3 Å². The molecule has 0 saturated carbocycles. The smallest absolute Gasteiger partial charge is 0.328 e. The van der Waals surface area contributed by atoms with Crippen molar-refractivity contribution in [3.8, 4) is 0 Å². The van der Waals surface area contributed by atoms with Crippen molar-refractivity contribution in [3.63, 3.8) is 0 Å². The van der Waals surface area contributed by atoms with Crippen LogP contribution < -0.4 is 5.32 Å². The van der Waals surface area contributed by atoms with E-state index in [-0.39, 0.29) is 23.3 Å². The summed E-state index contributed by atoms with van der Waals surface area (Å²) in [6.07, 6.45) is 1.12. The summed E-state index contributed by atoms with van der Waals surface area (Å²) in [5.74, 6) is -1.51. The summed E-state index contributed by atoms with van der Waals surface area (Å²) in [6, 6.07) is 5.19. The zero-order valence-electron chi connectivity index (χ0n) is 15.6. The molecule has 1 aromatic rings. The highest BCUT2D eigenvalue weighted by Gasteiger charge is 2.35. The number of halogens is 1. The molecule has 0 spiro atoms. The van der Waals surface area contributed by atoms with Crippen LogP contribution in [0.4, 0.5) is 0 Å². The molecule has 7 nitrogen and oxygen atoms in total. The molecule has 0 radical (unpaired) electrons. The molecule has 1 aliphatic heterocycles. The second-order valence-electron chi connectivity index (χ2n) is 6.91. The monoisotopic (exact) mass is 416 g/mol. The maximum absolute atomic E-state index is 12.8. The summed E-state index contributed by atoms with van der Waals surface area (Å²) in [4.78, 5) is 24.6. The third kappa shape index (κ3) is 5.21. The molecule has 1 N–H and O–H groups in total. The van der Waals surface area contributed by atoms with E-state index in [1.807, 2.05) is 0 Å². The average Bonchev–Trinajstić information content (AvgIpc) is 2.65. The lowest BCUT2D eigenvalue weighted by molar-refractivity contribution is -0.147. The summed E-state index contributed by atoms with van der Waals surface area (Å²) in [5.41, 5.74) is 0. The number of hydrogen-bond acceptors (Lipinski definition) is 5. The fourth-order valence-electron chi connectivity index (χ4n) is 3.03. The maximum Gasteiger partial charge on any atom is 0.328 e. The number of methoxy groups -OCH3 is 1. The fourth-order valence-corrected chi connectivity index (χ4v) is 4.68. The number of sulfonamides is 1. The quantitative estimate of drug-likeness (QED) is 0.716. The third-order valence-corrected chi connectivity index (χ3v) is 6.76. The van der Waals surface area contributed by atoms with Gasteiger partial charge in [0.05, 0.1) is 17.9 Å². The van der Waals surface area contributed by atoms with E-state index < -0.39 is 28.0 Å². The van der Waals surface area contributed by atoms with Crippen molar-refractivity contribution in [2.45, 2.75) is 37.6 Å². The SMILES string of the molecule is COC(=O)[C@@H](NC(=O)C1CCCN(S(=O)(=O)c2ccc(Cl)cc2)C1)C(C)C. The number of nitrogens with one attached hydrogen (secondary N) is 1. The molecule has 0 bridgehead atoms. The Labute approximate surface area is 165 Å². The Morgan fingerprint density at radius 3 is 2.44 bits per heavy atom. The van der Waals surface area contributed by atoms with Crippen LogP contribution in [0.5, 0.6) is 0 Å². The van der Waals surface area contributed by atoms with Gasteiger partial charge in [0.1, 0.15) is 6.04 Å². The number of carbonyl (C=O) groups is 2. The number of ether oxygens (including phenoxy) is 1. The van der Waals surface area contributed by atoms with Crippen LogP contribution in [0.15, 0.2) is 29.2 Å². The number of nitrogens with zero attached hydrogens (tertiary/aromatic N) is 1. The van der Waals surface area contributed by atoms with Gasteiger partial charge in [-0.25, -0.2) is 13.2 Å². The van der Waals surface area contributed by atoms with Crippen LogP contribution in [0, 0.1) is 11.8 Å². The van der Waals surface area contributed by atoms with Gasteiger partial charge < -0.3 is 10.1 Å². The molecule has 1 amide bonds. The predicted molar refractivity (Wildman–Crippen MR) is 102 cm³/mol. The summed E-state index contributed by atoms with van der Waals surface area (Å²) < 4.78 is 31.7. The van der Waals surface area contributed by atoms with Gasteiger partial charge in [-0.2, -0.15) is 4.31 Å². The van der Waals surface area contributed by atoms with Gasteiger partial charge in [-0.15, -0.1) is 0 Å². The zero-order chi connectivity index (χ0) is 20.2. The van der Waals surface area contributed by atoms with E-state index in [2.05, 4.69) is 5.32 Å². The summed E-state index contributed by atoms with van der Waals surface area (Å²) in [7, 11) is -2.44. The van der Waals surface area contributed by atoms with Crippen molar-refractivity contribution < 1.29 is 22.7 Å². The summed E-state index contributed by atoms with van der Waals surface area (Å²) in [6.45, 7) is 4.03. The molecule has 1 unspecified atom stereocenters. The number of hydrogen-bond donors (Lipinski definition) is 1. The number of esters is 1. The van der Waals surface area contributed by atoms with E-state index in [0.29, 0.717) is 24.4 Å². The first kappa shape index (κ1) is 21.7. The molecule has 1 aromatic carbocycles. The Hall–Kier alpha value is -1.64.